The topological polar surface area (TPSA) is 21.3 Å². The van der Waals surface area contributed by atoms with E-state index in [1.807, 2.05) is 7.11 Å². The largest absolute Gasteiger partial charge is 0.380 e. The van der Waals surface area contributed by atoms with Crippen LogP contribution in [0.25, 0.3) is 0 Å². The van der Waals surface area contributed by atoms with Crippen molar-refractivity contribution >= 4 is 11.8 Å². The zero-order chi connectivity index (χ0) is 9.80. The van der Waals surface area contributed by atoms with Gasteiger partial charge in [-0.15, -0.1) is 0 Å². The lowest BCUT2D eigenvalue weighted by atomic mass is 10.1. The number of ether oxygens (including phenoxy) is 1. The van der Waals surface area contributed by atoms with E-state index in [4.69, 9.17) is 4.74 Å². The number of thioether (sulfide) groups is 1. The summed E-state index contributed by atoms with van der Waals surface area (Å²) < 4.78 is 5.50. The second kappa shape index (κ2) is 5.38. The summed E-state index contributed by atoms with van der Waals surface area (Å²) >= 11 is 2.09. The molecule has 3 unspecified atom stereocenters. The first kappa shape index (κ1) is 10.8. The average Bonchev–Trinajstić information content (AvgIpc) is 2.67. The van der Waals surface area contributed by atoms with Gasteiger partial charge in [0.1, 0.15) is 0 Å². The van der Waals surface area contributed by atoms with Gasteiger partial charge in [-0.2, -0.15) is 11.8 Å². The molecule has 0 amide bonds. The Morgan fingerprint density at radius 3 is 2.86 bits per heavy atom. The summed E-state index contributed by atoms with van der Waals surface area (Å²) in [6.07, 6.45) is 7.10. The predicted molar refractivity (Wildman–Crippen MR) is 61.9 cm³/mol. The molecule has 0 aromatic heterocycles. The van der Waals surface area contributed by atoms with E-state index in [0.29, 0.717) is 12.1 Å². The Hall–Kier alpha value is 0.270. The number of hydrogen-bond donors (Lipinski definition) is 1. The van der Waals surface area contributed by atoms with Gasteiger partial charge in [0.15, 0.2) is 0 Å². The minimum absolute atomic E-state index is 0.474. The van der Waals surface area contributed by atoms with E-state index >= 15 is 0 Å². The maximum atomic E-state index is 5.50. The van der Waals surface area contributed by atoms with Gasteiger partial charge < -0.3 is 10.1 Å². The van der Waals surface area contributed by atoms with Crippen LogP contribution in [-0.2, 0) is 4.74 Å². The van der Waals surface area contributed by atoms with Crippen LogP contribution in [0, 0.1) is 0 Å². The summed E-state index contributed by atoms with van der Waals surface area (Å²) in [6, 6.07) is 1.37. The summed E-state index contributed by atoms with van der Waals surface area (Å²) in [6.45, 7) is 0. The molecule has 0 aromatic rings. The highest BCUT2D eigenvalue weighted by molar-refractivity contribution is 7.99. The third-order valence-electron chi connectivity index (χ3n) is 3.37. The predicted octanol–water partition coefficient (Wildman–Crippen LogP) is 2.04. The molecule has 1 aliphatic heterocycles. The molecule has 1 heterocycles. The van der Waals surface area contributed by atoms with Crippen molar-refractivity contribution in [1.82, 2.24) is 5.32 Å². The maximum Gasteiger partial charge on any atom is 0.0724 e. The van der Waals surface area contributed by atoms with Gasteiger partial charge in [0.25, 0.3) is 0 Å². The first-order valence-corrected chi connectivity index (χ1v) is 6.92. The Labute approximate surface area is 91.2 Å². The summed E-state index contributed by atoms with van der Waals surface area (Å²) in [4.78, 5) is 0. The highest BCUT2D eigenvalue weighted by atomic mass is 32.2. The fourth-order valence-electron chi connectivity index (χ4n) is 2.57. The fourth-order valence-corrected chi connectivity index (χ4v) is 3.66. The molecule has 1 saturated heterocycles. The normalized spacial score (nSPS) is 38.8. The monoisotopic (exact) mass is 215 g/mol. The zero-order valence-corrected chi connectivity index (χ0v) is 9.81. The first-order valence-electron chi connectivity index (χ1n) is 5.76. The van der Waals surface area contributed by atoms with Crippen LogP contribution in [0.4, 0.5) is 0 Å². The molecule has 2 rings (SSSR count). The van der Waals surface area contributed by atoms with Crippen molar-refractivity contribution in [3.05, 3.63) is 0 Å². The molecule has 2 fully saturated rings. The van der Waals surface area contributed by atoms with Crippen LogP contribution < -0.4 is 5.32 Å². The first-order chi connectivity index (χ1) is 6.90. The van der Waals surface area contributed by atoms with Gasteiger partial charge in [-0.1, -0.05) is 0 Å². The molecule has 3 heteroatoms. The minimum Gasteiger partial charge on any atom is -0.380 e. The van der Waals surface area contributed by atoms with Crippen LogP contribution in [0.3, 0.4) is 0 Å². The summed E-state index contributed by atoms with van der Waals surface area (Å²) in [5.41, 5.74) is 0. The Morgan fingerprint density at radius 2 is 2.14 bits per heavy atom. The zero-order valence-electron chi connectivity index (χ0n) is 9.00. The van der Waals surface area contributed by atoms with Gasteiger partial charge in [0, 0.05) is 24.9 Å². The van der Waals surface area contributed by atoms with Crippen LogP contribution in [-0.4, -0.2) is 36.8 Å². The molecule has 1 aliphatic carbocycles. The second-order valence-corrected chi connectivity index (χ2v) is 5.54. The summed E-state index contributed by atoms with van der Waals surface area (Å²) in [5.74, 6) is 2.66. The van der Waals surface area contributed by atoms with Gasteiger partial charge >= 0.3 is 0 Å². The minimum atomic E-state index is 0.474. The fraction of sp³-hybridized carbons (Fsp3) is 1.00. The highest BCUT2D eigenvalue weighted by Gasteiger charge is 2.29. The molecular weight excluding hydrogens is 194 g/mol. The summed E-state index contributed by atoms with van der Waals surface area (Å²) in [7, 11) is 1.85. The number of hydrogen-bond acceptors (Lipinski definition) is 3. The Bertz CT molecular complexity index is 171. The molecule has 14 heavy (non-hydrogen) atoms. The van der Waals surface area contributed by atoms with Gasteiger partial charge in [-0.05, 0) is 37.9 Å². The van der Waals surface area contributed by atoms with Crippen molar-refractivity contribution in [3.63, 3.8) is 0 Å². The summed E-state index contributed by atoms with van der Waals surface area (Å²) in [5, 5.41) is 3.77. The van der Waals surface area contributed by atoms with E-state index < -0.39 is 0 Å². The lowest BCUT2D eigenvalue weighted by molar-refractivity contribution is 0.0816. The van der Waals surface area contributed by atoms with Crippen molar-refractivity contribution in [1.29, 1.82) is 0 Å². The van der Waals surface area contributed by atoms with Crippen molar-refractivity contribution in [3.8, 4) is 0 Å². The number of rotatable bonds is 3. The molecule has 2 nitrogen and oxygen atoms in total. The van der Waals surface area contributed by atoms with Crippen LogP contribution in [0.1, 0.15) is 32.1 Å². The lowest BCUT2D eigenvalue weighted by Gasteiger charge is -2.28. The third kappa shape index (κ3) is 2.65. The van der Waals surface area contributed by atoms with Crippen LogP contribution in [0.2, 0.25) is 0 Å². The Morgan fingerprint density at radius 1 is 1.21 bits per heavy atom. The van der Waals surface area contributed by atoms with E-state index in [2.05, 4.69) is 17.1 Å². The number of methoxy groups -OCH3 is 1. The highest BCUT2D eigenvalue weighted by Crippen LogP contribution is 2.24. The number of nitrogens with one attached hydrogen (secondary N) is 1. The maximum absolute atomic E-state index is 5.50. The van der Waals surface area contributed by atoms with Gasteiger partial charge in [-0.3, -0.25) is 0 Å². The van der Waals surface area contributed by atoms with E-state index in [-0.39, 0.29) is 0 Å². The quantitative estimate of drug-likeness (QED) is 0.778. The Kier molecular flexibility index (Phi) is 4.14. The molecular formula is C11H21NOS. The lowest BCUT2D eigenvalue weighted by Crippen LogP contribution is -2.45. The van der Waals surface area contributed by atoms with Crippen molar-refractivity contribution in [2.24, 2.45) is 0 Å². The van der Waals surface area contributed by atoms with Crippen LogP contribution in [0.15, 0.2) is 0 Å². The van der Waals surface area contributed by atoms with Crippen molar-refractivity contribution in [2.45, 2.75) is 50.3 Å². The van der Waals surface area contributed by atoms with E-state index in [9.17, 15) is 0 Å². The smallest absolute Gasteiger partial charge is 0.0724 e. The van der Waals surface area contributed by atoms with E-state index in [0.717, 1.165) is 6.04 Å². The molecule has 0 aromatic carbocycles. The molecule has 3 atom stereocenters. The molecule has 0 spiro atoms. The standard InChI is InChI=1S/C11H21NOS/c1-13-11-6-2-5-10(11)12-9-4-3-7-14-8-9/h9-12H,2-8H2,1H3. The molecule has 1 saturated carbocycles. The average molecular weight is 215 g/mol. The molecule has 0 radical (unpaired) electrons. The van der Waals surface area contributed by atoms with E-state index in [1.165, 1.54) is 43.6 Å². The van der Waals surface area contributed by atoms with Gasteiger partial charge in [0.2, 0.25) is 0 Å². The third-order valence-corrected chi connectivity index (χ3v) is 4.58. The molecule has 1 N–H and O–H groups in total. The second-order valence-electron chi connectivity index (χ2n) is 4.39. The van der Waals surface area contributed by atoms with Gasteiger partial charge in [-0.25, -0.2) is 0 Å². The molecule has 82 valence electrons. The molecule has 0 bridgehead atoms. The molecule has 2 aliphatic rings. The van der Waals surface area contributed by atoms with Crippen molar-refractivity contribution < 1.29 is 4.74 Å². The van der Waals surface area contributed by atoms with Crippen LogP contribution in [0.5, 0.6) is 0 Å². The van der Waals surface area contributed by atoms with Crippen molar-refractivity contribution in [2.75, 3.05) is 18.6 Å². The van der Waals surface area contributed by atoms with Gasteiger partial charge in [0.05, 0.1) is 6.10 Å². The van der Waals surface area contributed by atoms with Crippen LogP contribution >= 0.6 is 11.8 Å². The van der Waals surface area contributed by atoms with E-state index in [1.54, 1.807) is 0 Å². The Balaban J connectivity index is 1.77. The SMILES string of the molecule is COC1CCCC1NC1CCCSC1.